The van der Waals surface area contributed by atoms with Crippen LogP contribution >= 0.6 is 0 Å². The molecule has 2 amide bonds. The molecule has 5 rings (SSSR count). The number of nitrogens with two attached hydrogens (primary N) is 1. The molecular formula is C40H41F4N5O8S. The molecule has 2 heterocycles. The van der Waals surface area contributed by atoms with Gasteiger partial charge in [-0.1, -0.05) is 43.0 Å². The van der Waals surface area contributed by atoms with E-state index in [2.05, 4.69) is 26.9 Å². The standard InChI is InChI=1S/C40H41F4N5O8S/c1-2-13-49(14-4-3-12-46-35(51)10-15-56-16-11-36(52)57-39-37(43)31(41)21-32(42)38(39)44)40(53)28-17-27-9-8-26(19-33(27)47-34(45)20-28)25-6-5-7-29(18-25)58(54,55)30-22-48(23-30)24-50/h5-9,17-19,21,30,50H,2,10-16,20,22-24H2,1H3,(H2,45,47)(H,46,51). The van der Waals surface area contributed by atoms with Crippen molar-refractivity contribution in [2.45, 2.75) is 42.8 Å². The fourth-order valence-electron chi connectivity index (χ4n) is 5.99. The summed E-state index contributed by atoms with van der Waals surface area (Å²) in [5.74, 6) is -4.67. The van der Waals surface area contributed by atoms with Gasteiger partial charge in [-0.15, -0.1) is 0 Å². The molecule has 1 fully saturated rings. The van der Waals surface area contributed by atoms with E-state index < -0.39 is 62.4 Å². The summed E-state index contributed by atoms with van der Waals surface area (Å²) in [6.45, 7) is 2.25. The maximum absolute atomic E-state index is 13.7. The van der Waals surface area contributed by atoms with Crippen molar-refractivity contribution in [1.29, 1.82) is 0 Å². The van der Waals surface area contributed by atoms with Gasteiger partial charge in [0.1, 0.15) is 5.84 Å². The number of hydrogen-bond acceptors (Lipinski definition) is 11. The fourth-order valence-corrected chi connectivity index (χ4v) is 7.74. The molecule has 58 heavy (non-hydrogen) atoms. The summed E-state index contributed by atoms with van der Waals surface area (Å²) in [6.07, 6.45) is 1.82. The van der Waals surface area contributed by atoms with Gasteiger partial charge in [-0.3, -0.25) is 19.3 Å². The number of benzene rings is 3. The van der Waals surface area contributed by atoms with Gasteiger partial charge in [-0.2, -0.15) is 8.78 Å². The largest absolute Gasteiger partial charge is 0.420 e. The van der Waals surface area contributed by atoms with Gasteiger partial charge in [0.2, 0.25) is 23.3 Å². The van der Waals surface area contributed by atoms with Crippen LogP contribution in [0.25, 0.3) is 17.2 Å². The summed E-state index contributed by atoms with van der Waals surface area (Å²) in [7, 11) is -3.60. The molecular weight excluding hydrogens is 787 g/mol. The number of nitrogens with zero attached hydrogens (tertiary/aromatic N) is 3. The Kier molecular flexibility index (Phi) is 14.8. The van der Waals surface area contributed by atoms with Crippen LogP contribution in [0.5, 0.6) is 5.75 Å². The van der Waals surface area contributed by atoms with Gasteiger partial charge in [0, 0.05) is 49.7 Å². The van der Waals surface area contributed by atoms with E-state index in [1.165, 1.54) is 0 Å². The van der Waals surface area contributed by atoms with Gasteiger partial charge in [0.25, 0.3) is 5.91 Å². The van der Waals surface area contributed by atoms with Gasteiger partial charge in [-0.25, -0.2) is 22.2 Å². The molecule has 0 spiro atoms. The highest BCUT2D eigenvalue weighted by Gasteiger charge is 2.38. The van der Waals surface area contributed by atoms with E-state index in [4.69, 9.17) is 10.5 Å². The first-order chi connectivity index (χ1) is 27.7. The van der Waals surface area contributed by atoms with Crippen molar-refractivity contribution >= 4 is 45.2 Å². The number of amides is 2. The van der Waals surface area contributed by atoms with Crippen molar-refractivity contribution in [3.8, 4) is 28.7 Å². The number of ether oxygens (including phenoxy) is 2. The van der Waals surface area contributed by atoms with E-state index in [1.807, 2.05) is 13.0 Å². The van der Waals surface area contributed by atoms with Crippen LogP contribution in [0.3, 0.4) is 0 Å². The van der Waals surface area contributed by atoms with E-state index in [-0.39, 0.29) is 81.7 Å². The zero-order valence-electron chi connectivity index (χ0n) is 31.4. The Labute approximate surface area is 332 Å². The maximum atomic E-state index is 13.7. The zero-order valence-corrected chi connectivity index (χ0v) is 32.2. The Hall–Kier alpha value is -5.61. The maximum Gasteiger partial charge on any atom is 0.313 e. The van der Waals surface area contributed by atoms with Crippen molar-refractivity contribution in [1.82, 2.24) is 15.1 Å². The normalized spacial score (nSPS) is 14.2. The van der Waals surface area contributed by atoms with Crippen molar-refractivity contribution in [3.05, 3.63) is 82.9 Å². The number of esters is 1. The van der Waals surface area contributed by atoms with Crippen LogP contribution in [-0.2, 0) is 29.0 Å². The lowest BCUT2D eigenvalue weighted by atomic mass is 10.0. The van der Waals surface area contributed by atoms with Crippen LogP contribution in [0.4, 0.5) is 23.2 Å². The molecule has 0 aromatic heterocycles. The average molecular weight is 828 g/mol. The van der Waals surface area contributed by atoms with Gasteiger partial charge < -0.3 is 30.5 Å². The number of halogens is 4. The summed E-state index contributed by atoms with van der Waals surface area (Å²) in [4.78, 5) is 45.6. The van der Waals surface area contributed by atoms with E-state index in [0.29, 0.717) is 40.9 Å². The first kappa shape index (κ1) is 43.5. The molecule has 3 aromatic carbocycles. The van der Waals surface area contributed by atoms with Gasteiger partial charge in [-0.05, 0) is 41.8 Å². The number of likely N-dealkylation sites (tertiary alicyclic amines) is 1. The number of aliphatic imine (C=N–C) groups is 1. The summed E-state index contributed by atoms with van der Waals surface area (Å²) in [5.41, 5.74) is 9.21. The van der Waals surface area contributed by atoms with E-state index in [0.717, 1.165) is 0 Å². The number of aliphatic hydroxyl groups is 1. The molecule has 0 atom stereocenters. The smallest absolute Gasteiger partial charge is 0.313 e. The Morgan fingerprint density at radius 2 is 1.71 bits per heavy atom. The summed E-state index contributed by atoms with van der Waals surface area (Å²) in [5, 5.41) is 11.2. The molecule has 4 N–H and O–H groups in total. The zero-order chi connectivity index (χ0) is 42.0. The van der Waals surface area contributed by atoms with Crippen LogP contribution < -0.4 is 15.8 Å². The molecule has 0 aliphatic carbocycles. The summed E-state index contributed by atoms with van der Waals surface area (Å²) >= 11 is 0. The number of hydrogen-bond donors (Lipinski definition) is 3. The molecule has 13 nitrogen and oxygen atoms in total. The molecule has 2 aliphatic rings. The predicted octanol–water partition coefficient (Wildman–Crippen LogP) is 3.85. The first-order valence-corrected chi connectivity index (χ1v) is 19.7. The van der Waals surface area contributed by atoms with Crippen LogP contribution in [0.2, 0.25) is 0 Å². The molecule has 0 unspecified atom stereocenters. The third-order valence-corrected chi connectivity index (χ3v) is 11.2. The van der Waals surface area contributed by atoms with Crippen LogP contribution in [0.15, 0.2) is 64.0 Å². The number of nitrogens with one attached hydrogen (secondary N) is 1. The minimum absolute atomic E-state index is 0.0163. The lowest BCUT2D eigenvalue weighted by Crippen LogP contribution is -2.54. The van der Waals surface area contributed by atoms with Crippen molar-refractivity contribution in [2.24, 2.45) is 10.7 Å². The molecule has 0 bridgehead atoms. The van der Waals surface area contributed by atoms with Crippen LogP contribution in [-0.4, -0.2) is 105 Å². The van der Waals surface area contributed by atoms with E-state index in [1.54, 1.807) is 52.3 Å². The molecule has 3 aromatic rings. The van der Waals surface area contributed by atoms with Crippen molar-refractivity contribution in [3.63, 3.8) is 0 Å². The second kappa shape index (κ2) is 19.7. The third kappa shape index (κ3) is 10.9. The number of sulfone groups is 1. The molecule has 1 saturated heterocycles. The lowest BCUT2D eigenvalue weighted by molar-refractivity contribution is -0.136. The summed E-state index contributed by atoms with van der Waals surface area (Å²) < 4.78 is 89.8. The molecule has 0 saturated carbocycles. The second-order valence-corrected chi connectivity index (χ2v) is 15.6. The predicted molar refractivity (Wildman–Crippen MR) is 205 cm³/mol. The molecule has 308 valence electrons. The lowest BCUT2D eigenvalue weighted by Gasteiger charge is -2.36. The quantitative estimate of drug-likeness (QED) is 0.0480. The molecule has 18 heteroatoms. The van der Waals surface area contributed by atoms with Crippen molar-refractivity contribution in [2.75, 3.05) is 52.7 Å². The average Bonchev–Trinajstić information content (AvgIpc) is 3.34. The highest BCUT2D eigenvalue weighted by atomic mass is 32.2. The first-order valence-electron chi connectivity index (χ1n) is 18.2. The minimum Gasteiger partial charge on any atom is -0.420 e. The van der Waals surface area contributed by atoms with Gasteiger partial charge >= 0.3 is 5.97 Å². The topological polar surface area (TPSA) is 181 Å². The minimum atomic E-state index is -3.60. The van der Waals surface area contributed by atoms with Gasteiger partial charge in [0.15, 0.2) is 21.5 Å². The Morgan fingerprint density at radius 3 is 2.41 bits per heavy atom. The number of carbonyl (C=O) groups is 3. The number of amidine groups is 1. The Balaban J connectivity index is 1.11. The molecule has 2 aliphatic heterocycles. The monoisotopic (exact) mass is 827 g/mol. The Morgan fingerprint density at radius 1 is 1.00 bits per heavy atom. The third-order valence-electron chi connectivity index (χ3n) is 9.09. The van der Waals surface area contributed by atoms with Crippen LogP contribution in [0.1, 0.15) is 38.2 Å². The van der Waals surface area contributed by atoms with Gasteiger partial charge in [0.05, 0.1) is 55.3 Å². The molecule has 0 radical (unpaired) electrons. The SMILES string of the molecule is CCCN(CC#CCNC(=O)CCOCCC(=O)Oc1c(F)c(F)cc(F)c1F)C(=O)C1=Cc2ccc(-c3cccc(S(=O)(=O)C4CN(CO)C4)c3)cc2N=C(N)C1. The van der Waals surface area contributed by atoms with Crippen molar-refractivity contribution < 1.29 is 54.9 Å². The fraction of sp³-hybridized carbons (Fsp3) is 0.350. The number of aliphatic hydroxyl groups excluding tert-OH is 1. The van der Waals surface area contributed by atoms with E-state index >= 15 is 0 Å². The van der Waals surface area contributed by atoms with Crippen LogP contribution in [0, 0.1) is 35.1 Å². The highest BCUT2D eigenvalue weighted by molar-refractivity contribution is 7.92. The number of fused-ring (bicyclic) bond motifs is 1. The highest BCUT2D eigenvalue weighted by Crippen LogP contribution is 2.34. The Bertz CT molecular complexity index is 2260. The number of carbonyl (C=O) groups excluding carboxylic acids is 3. The second-order valence-electron chi connectivity index (χ2n) is 13.3. The number of rotatable bonds is 16. The summed E-state index contributed by atoms with van der Waals surface area (Å²) in [6, 6.07) is 12.0. The van der Waals surface area contributed by atoms with E-state index in [9.17, 15) is 45.5 Å².